The minimum absolute atomic E-state index is 0.131. The van der Waals surface area contributed by atoms with E-state index in [4.69, 9.17) is 4.55 Å². The van der Waals surface area contributed by atoms with Gasteiger partial charge in [-0.1, -0.05) is 6.07 Å². The van der Waals surface area contributed by atoms with E-state index >= 15 is 0 Å². The van der Waals surface area contributed by atoms with Gasteiger partial charge < -0.3 is 0 Å². The molecule has 6 heteroatoms. The Kier molecular flexibility index (Phi) is 2.94. The summed E-state index contributed by atoms with van der Waals surface area (Å²) in [6, 6.07) is 2.56. The molecule has 0 fully saturated rings. The third-order valence-electron chi connectivity index (χ3n) is 1.44. The minimum Gasteiger partial charge on any atom is -0.286 e. The number of hydrogen-bond acceptors (Lipinski definition) is 3. The molecule has 0 radical (unpaired) electrons. The molecule has 1 rings (SSSR count). The van der Waals surface area contributed by atoms with Crippen molar-refractivity contribution in [2.24, 2.45) is 0 Å². The average molecular weight is 205 g/mol. The fraction of sp³-hybridized carbons (Fsp3) is 0.286. The van der Waals surface area contributed by atoms with Crippen LogP contribution in [0.25, 0.3) is 0 Å². The van der Waals surface area contributed by atoms with E-state index in [-0.39, 0.29) is 12.2 Å². The summed E-state index contributed by atoms with van der Waals surface area (Å²) in [5.74, 6) is -0.990. The summed E-state index contributed by atoms with van der Waals surface area (Å²) in [6.07, 6.45) is 1.37. The molecule has 0 spiro atoms. The van der Waals surface area contributed by atoms with Crippen LogP contribution in [0.1, 0.15) is 5.56 Å². The van der Waals surface area contributed by atoms with Crippen molar-refractivity contribution in [2.75, 3.05) is 5.75 Å². The molecule has 1 aromatic rings. The topological polar surface area (TPSA) is 67.3 Å². The average Bonchev–Trinajstić information content (AvgIpc) is 2.02. The molecule has 0 saturated heterocycles. The van der Waals surface area contributed by atoms with Gasteiger partial charge in [-0.3, -0.25) is 4.55 Å². The Hall–Kier alpha value is -1.01. The van der Waals surface area contributed by atoms with Crippen LogP contribution in [0.3, 0.4) is 0 Å². The maximum absolute atomic E-state index is 12.3. The van der Waals surface area contributed by atoms with Crippen LogP contribution in [0.4, 0.5) is 4.39 Å². The van der Waals surface area contributed by atoms with Crippen molar-refractivity contribution in [1.29, 1.82) is 0 Å². The maximum Gasteiger partial charge on any atom is 0.265 e. The van der Waals surface area contributed by atoms with Gasteiger partial charge in [0.15, 0.2) is 0 Å². The molecule has 72 valence electrons. The number of nitrogens with zero attached hydrogens (tertiary/aromatic N) is 1. The standard InChI is InChI=1S/C7H8FNO3S/c8-7-2-1-6(5-9-7)3-4-13(10,11)12/h1-2,5H,3-4H2,(H,10,11,12). The molecule has 1 heterocycles. The van der Waals surface area contributed by atoms with Gasteiger partial charge in [0, 0.05) is 6.20 Å². The summed E-state index contributed by atoms with van der Waals surface area (Å²) in [4.78, 5) is 3.34. The zero-order chi connectivity index (χ0) is 9.90. The highest BCUT2D eigenvalue weighted by molar-refractivity contribution is 7.85. The first kappa shape index (κ1) is 10.1. The first-order chi connectivity index (χ1) is 5.97. The second-order valence-electron chi connectivity index (χ2n) is 2.53. The second-order valence-corrected chi connectivity index (χ2v) is 4.10. The third kappa shape index (κ3) is 3.95. The molecule has 0 atom stereocenters. The summed E-state index contributed by atoms with van der Waals surface area (Å²) in [6.45, 7) is 0. The van der Waals surface area contributed by atoms with Gasteiger partial charge in [-0.15, -0.1) is 0 Å². The van der Waals surface area contributed by atoms with Crippen LogP contribution < -0.4 is 0 Å². The van der Waals surface area contributed by atoms with Gasteiger partial charge in [-0.2, -0.15) is 12.8 Å². The molecule has 0 aliphatic rings. The maximum atomic E-state index is 12.3. The molecule has 0 aliphatic heterocycles. The molecular weight excluding hydrogens is 197 g/mol. The molecule has 4 nitrogen and oxygen atoms in total. The summed E-state index contributed by atoms with van der Waals surface area (Å²) < 4.78 is 41.4. The van der Waals surface area contributed by atoms with Gasteiger partial charge in [-0.05, 0) is 18.1 Å². The van der Waals surface area contributed by atoms with Gasteiger partial charge in [0.1, 0.15) is 0 Å². The molecule has 0 unspecified atom stereocenters. The molecule has 0 saturated carbocycles. The number of aryl methyl sites for hydroxylation is 1. The monoisotopic (exact) mass is 205 g/mol. The zero-order valence-electron chi connectivity index (χ0n) is 6.64. The molecule has 0 aliphatic carbocycles. The number of pyridine rings is 1. The van der Waals surface area contributed by atoms with Crippen molar-refractivity contribution in [2.45, 2.75) is 6.42 Å². The van der Waals surface area contributed by atoms with E-state index in [1.165, 1.54) is 12.3 Å². The van der Waals surface area contributed by atoms with Gasteiger partial charge in [-0.25, -0.2) is 4.98 Å². The Bertz CT molecular complexity index is 373. The molecular formula is C7H8FNO3S. The Balaban J connectivity index is 2.61. The quantitative estimate of drug-likeness (QED) is 0.581. The highest BCUT2D eigenvalue weighted by Gasteiger charge is 2.04. The lowest BCUT2D eigenvalue weighted by molar-refractivity contribution is 0.482. The smallest absolute Gasteiger partial charge is 0.265 e. The number of aromatic nitrogens is 1. The first-order valence-corrected chi connectivity index (χ1v) is 5.14. The van der Waals surface area contributed by atoms with E-state index < -0.39 is 16.1 Å². The van der Waals surface area contributed by atoms with Crippen LogP contribution in [0.5, 0.6) is 0 Å². The van der Waals surface area contributed by atoms with Gasteiger partial charge in [0.2, 0.25) is 5.95 Å². The van der Waals surface area contributed by atoms with Crippen molar-refractivity contribution in [3.63, 3.8) is 0 Å². The van der Waals surface area contributed by atoms with Crippen molar-refractivity contribution in [3.05, 3.63) is 29.8 Å². The second kappa shape index (κ2) is 3.80. The summed E-state index contributed by atoms with van der Waals surface area (Å²) in [7, 11) is -3.95. The number of rotatable bonds is 3. The van der Waals surface area contributed by atoms with Gasteiger partial charge in [0.05, 0.1) is 5.75 Å². The van der Waals surface area contributed by atoms with Crippen LogP contribution in [0.15, 0.2) is 18.3 Å². The Morgan fingerprint density at radius 3 is 2.62 bits per heavy atom. The van der Waals surface area contributed by atoms with Crippen molar-refractivity contribution in [1.82, 2.24) is 4.98 Å². The van der Waals surface area contributed by atoms with Crippen LogP contribution in [0, 0.1) is 5.95 Å². The predicted molar refractivity (Wildman–Crippen MR) is 44.3 cm³/mol. The fourth-order valence-corrected chi connectivity index (χ4v) is 1.29. The predicted octanol–water partition coefficient (Wildman–Crippen LogP) is 0.651. The van der Waals surface area contributed by atoms with E-state index in [0.717, 1.165) is 6.07 Å². The van der Waals surface area contributed by atoms with Crippen molar-refractivity contribution >= 4 is 10.1 Å². The summed E-state index contributed by atoms with van der Waals surface area (Å²) >= 11 is 0. The largest absolute Gasteiger partial charge is 0.286 e. The van der Waals surface area contributed by atoms with E-state index in [2.05, 4.69) is 4.98 Å². The highest BCUT2D eigenvalue weighted by Crippen LogP contribution is 2.01. The lowest BCUT2D eigenvalue weighted by Gasteiger charge is -1.97. The fourth-order valence-electron chi connectivity index (χ4n) is 0.801. The lowest BCUT2D eigenvalue weighted by atomic mass is 10.2. The van der Waals surface area contributed by atoms with E-state index in [1.54, 1.807) is 0 Å². The van der Waals surface area contributed by atoms with Crippen molar-refractivity contribution < 1.29 is 17.4 Å². The third-order valence-corrected chi connectivity index (χ3v) is 2.16. The Morgan fingerprint density at radius 1 is 1.46 bits per heavy atom. The zero-order valence-corrected chi connectivity index (χ0v) is 7.46. The lowest BCUT2D eigenvalue weighted by Crippen LogP contribution is -2.06. The molecule has 1 aromatic heterocycles. The van der Waals surface area contributed by atoms with E-state index in [0.29, 0.717) is 5.56 Å². The minimum atomic E-state index is -3.95. The summed E-state index contributed by atoms with van der Waals surface area (Å²) in [5.41, 5.74) is 0.569. The van der Waals surface area contributed by atoms with Gasteiger partial charge >= 0.3 is 0 Å². The van der Waals surface area contributed by atoms with Crippen LogP contribution in [-0.2, 0) is 16.5 Å². The summed E-state index contributed by atoms with van der Waals surface area (Å²) in [5, 5.41) is 0. The highest BCUT2D eigenvalue weighted by atomic mass is 32.2. The normalized spacial score (nSPS) is 11.5. The van der Waals surface area contributed by atoms with E-state index in [9.17, 15) is 12.8 Å². The molecule has 0 amide bonds. The molecule has 0 bridgehead atoms. The van der Waals surface area contributed by atoms with Crippen LogP contribution in [-0.4, -0.2) is 23.7 Å². The SMILES string of the molecule is O=S(=O)(O)CCc1ccc(F)nc1. The molecule has 13 heavy (non-hydrogen) atoms. The first-order valence-electron chi connectivity index (χ1n) is 3.53. The molecule has 1 N–H and O–H groups in total. The number of hydrogen-bond donors (Lipinski definition) is 1. The number of halogens is 1. The van der Waals surface area contributed by atoms with E-state index in [1.807, 2.05) is 0 Å². The van der Waals surface area contributed by atoms with Crippen LogP contribution in [0.2, 0.25) is 0 Å². The van der Waals surface area contributed by atoms with Crippen LogP contribution >= 0.6 is 0 Å². The van der Waals surface area contributed by atoms with Gasteiger partial charge in [0.25, 0.3) is 10.1 Å². The Labute approximate surface area is 75.2 Å². The Morgan fingerprint density at radius 2 is 2.15 bits per heavy atom. The van der Waals surface area contributed by atoms with Crippen molar-refractivity contribution in [3.8, 4) is 0 Å². The molecule has 0 aromatic carbocycles.